The number of aliphatic carboxylic acids is 1. The van der Waals surface area contributed by atoms with Crippen molar-refractivity contribution in [3.63, 3.8) is 0 Å². The van der Waals surface area contributed by atoms with Crippen LogP contribution in [0.25, 0.3) is 0 Å². The van der Waals surface area contributed by atoms with Crippen LogP contribution in [-0.4, -0.2) is 34.6 Å². The number of nitrogens with zero attached hydrogens (tertiary/aromatic N) is 1. The minimum absolute atomic E-state index is 0.261. The molecule has 2 atom stereocenters. The van der Waals surface area contributed by atoms with Crippen molar-refractivity contribution in [3.8, 4) is 0 Å². The van der Waals surface area contributed by atoms with E-state index >= 15 is 0 Å². The largest absolute Gasteiger partial charge is 0.480 e. The lowest BCUT2D eigenvalue weighted by molar-refractivity contribution is -0.141. The third-order valence-electron chi connectivity index (χ3n) is 3.35. The van der Waals surface area contributed by atoms with E-state index in [2.05, 4.69) is 5.32 Å². The van der Waals surface area contributed by atoms with Gasteiger partial charge in [0.25, 0.3) is 0 Å². The van der Waals surface area contributed by atoms with Gasteiger partial charge >= 0.3 is 12.0 Å². The van der Waals surface area contributed by atoms with Gasteiger partial charge in [-0.25, -0.2) is 14.0 Å². The molecule has 1 aromatic rings. The highest BCUT2D eigenvalue weighted by Gasteiger charge is 2.35. The first kappa shape index (κ1) is 13.3. The summed E-state index contributed by atoms with van der Waals surface area (Å²) in [6.45, 7) is 3.37. The molecule has 0 saturated carbocycles. The molecule has 1 aliphatic heterocycles. The average Bonchev–Trinajstić information content (AvgIpc) is 2.73. The summed E-state index contributed by atoms with van der Waals surface area (Å²) in [7, 11) is 0. The molecule has 19 heavy (non-hydrogen) atoms. The fourth-order valence-electron chi connectivity index (χ4n) is 2.10. The van der Waals surface area contributed by atoms with Crippen LogP contribution in [0, 0.1) is 12.7 Å². The molecule has 102 valence electrons. The van der Waals surface area contributed by atoms with E-state index in [0.29, 0.717) is 5.56 Å². The predicted molar refractivity (Wildman–Crippen MR) is 66.2 cm³/mol. The number of carboxylic acid groups (broad SMARTS) is 1. The minimum Gasteiger partial charge on any atom is -0.480 e. The van der Waals surface area contributed by atoms with E-state index in [1.165, 1.54) is 17.9 Å². The molecule has 2 rings (SSSR count). The third-order valence-corrected chi connectivity index (χ3v) is 3.35. The maximum absolute atomic E-state index is 13.2. The molecule has 1 heterocycles. The van der Waals surface area contributed by atoms with Gasteiger partial charge < -0.3 is 15.3 Å². The molecule has 1 saturated heterocycles. The molecule has 2 unspecified atom stereocenters. The van der Waals surface area contributed by atoms with Gasteiger partial charge in [0.05, 0.1) is 6.04 Å². The Kier molecular flexibility index (Phi) is 3.42. The van der Waals surface area contributed by atoms with Crippen molar-refractivity contribution in [2.45, 2.75) is 25.9 Å². The van der Waals surface area contributed by atoms with E-state index in [9.17, 15) is 14.0 Å². The lowest BCUT2D eigenvalue weighted by atomic mass is 10.0. The van der Waals surface area contributed by atoms with Gasteiger partial charge in [-0.3, -0.25) is 0 Å². The summed E-state index contributed by atoms with van der Waals surface area (Å²) in [6.07, 6.45) is 0. The Bertz CT molecular complexity index is 533. The van der Waals surface area contributed by atoms with Crippen LogP contribution in [0.15, 0.2) is 18.2 Å². The highest BCUT2D eigenvalue weighted by molar-refractivity contribution is 5.84. The molecule has 6 heteroatoms. The zero-order chi connectivity index (χ0) is 14.2. The van der Waals surface area contributed by atoms with Crippen LogP contribution >= 0.6 is 0 Å². The topological polar surface area (TPSA) is 69.6 Å². The summed E-state index contributed by atoms with van der Waals surface area (Å²) in [5, 5.41) is 11.6. The monoisotopic (exact) mass is 266 g/mol. The summed E-state index contributed by atoms with van der Waals surface area (Å²) >= 11 is 0. The maximum Gasteiger partial charge on any atom is 0.326 e. The molecule has 0 radical (unpaired) electrons. The van der Waals surface area contributed by atoms with Crippen molar-refractivity contribution >= 4 is 12.0 Å². The molecule has 1 aliphatic rings. The Morgan fingerprint density at radius 2 is 2.26 bits per heavy atom. The fourth-order valence-corrected chi connectivity index (χ4v) is 2.10. The van der Waals surface area contributed by atoms with E-state index in [4.69, 9.17) is 5.11 Å². The van der Waals surface area contributed by atoms with Gasteiger partial charge in [0.1, 0.15) is 11.9 Å². The Morgan fingerprint density at radius 1 is 1.58 bits per heavy atom. The Morgan fingerprint density at radius 3 is 2.84 bits per heavy atom. The summed E-state index contributed by atoms with van der Waals surface area (Å²) in [6, 6.07) is 3.00. The smallest absolute Gasteiger partial charge is 0.326 e. The van der Waals surface area contributed by atoms with Crippen LogP contribution in [0.2, 0.25) is 0 Å². The number of rotatable bonds is 3. The van der Waals surface area contributed by atoms with Gasteiger partial charge in [-0.2, -0.15) is 0 Å². The second-order valence-electron chi connectivity index (χ2n) is 4.68. The Balaban J connectivity index is 2.18. The van der Waals surface area contributed by atoms with Crippen LogP contribution < -0.4 is 5.32 Å². The molecule has 0 aliphatic carbocycles. The quantitative estimate of drug-likeness (QED) is 0.874. The van der Waals surface area contributed by atoms with Crippen molar-refractivity contribution in [2.24, 2.45) is 0 Å². The Labute approximate surface area is 110 Å². The number of carbonyl (C=O) groups is 2. The molecule has 2 amide bonds. The van der Waals surface area contributed by atoms with Gasteiger partial charge in [0, 0.05) is 6.54 Å². The number of urea groups is 1. The highest BCUT2D eigenvalue weighted by atomic mass is 19.1. The predicted octanol–water partition coefficient (Wildman–Crippen LogP) is 1.67. The van der Waals surface area contributed by atoms with E-state index < -0.39 is 18.0 Å². The Hall–Kier alpha value is -2.11. The number of carbonyl (C=O) groups excluding carboxylic acids is 1. The standard InChI is InChI=1S/C13H15FN2O3/c1-7-5-9(3-4-10(7)14)11-6-16(13(19)15-11)8(2)12(17)18/h3-5,8,11H,6H2,1-2H3,(H,15,19)(H,17,18). The number of carboxylic acids is 1. The van der Waals surface area contributed by atoms with Crippen molar-refractivity contribution in [2.75, 3.05) is 6.54 Å². The first-order chi connectivity index (χ1) is 8.90. The molecule has 5 nitrogen and oxygen atoms in total. The number of hydrogen-bond acceptors (Lipinski definition) is 2. The number of amides is 2. The van der Waals surface area contributed by atoms with E-state index in [1.54, 1.807) is 19.1 Å². The van der Waals surface area contributed by atoms with Gasteiger partial charge in [0.15, 0.2) is 0 Å². The van der Waals surface area contributed by atoms with Gasteiger partial charge in [-0.1, -0.05) is 12.1 Å². The van der Waals surface area contributed by atoms with Crippen LogP contribution in [0.4, 0.5) is 9.18 Å². The van der Waals surface area contributed by atoms with Crippen LogP contribution in [0.1, 0.15) is 24.1 Å². The average molecular weight is 266 g/mol. The van der Waals surface area contributed by atoms with Crippen molar-refractivity contribution in [1.82, 2.24) is 10.2 Å². The zero-order valence-corrected chi connectivity index (χ0v) is 10.7. The summed E-state index contributed by atoms with van der Waals surface area (Å²) in [5.74, 6) is -1.35. The maximum atomic E-state index is 13.2. The number of hydrogen-bond donors (Lipinski definition) is 2. The van der Waals surface area contributed by atoms with Crippen molar-refractivity contribution in [3.05, 3.63) is 35.1 Å². The van der Waals surface area contributed by atoms with Crippen LogP contribution in [0.3, 0.4) is 0 Å². The van der Waals surface area contributed by atoms with E-state index in [0.717, 1.165) is 5.56 Å². The second kappa shape index (κ2) is 4.87. The van der Waals surface area contributed by atoms with Gasteiger partial charge in [-0.15, -0.1) is 0 Å². The molecule has 1 fully saturated rings. The molecule has 0 aromatic heterocycles. The number of halogens is 1. The molecular formula is C13H15FN2O3. The SMILES string of the molecule is Cc1cc(C2CN(C(C)C(=O)O)C(=O)N2)ccc1F. The van der Waals surface area contributed by atoms with E-state index in [-0.39, 0.29) is 18.4 Å². The summed E-state index contributed by atoms with van der Waals surface area (Å²) in [4.78, 5) is 23.9. The van der Waals surface area contributed by atoms with Crippen LogP contribution in [-0.2, 0) is 4.79 Å². The number of benzene rings is 1. The third kappa shape index (κ3) is 2.52. The van der Waals surface area contributed by atoms with Gasteiger partial charge in [-0.05, 0) is 31.0 Å². The molecule has 2 N–H and O–H groups in total. The second-order valence-corrected chi connectivity index (χ2v) is 4.68. The lowest BCUT2D eigenvalue weighted by Crippen LogP contribution is -2.40. The molecule has 1 aromatic carbocycles. The van der Waals surface area contributed by atoms with Crippen molar-refractivity contribution < 1.29 is 19.1 Å². The highest BCUT2D eigenvalue weighted by Crippen LogP contribution is 2.23. The van der Waals surface area contributed by atoms with Gasteiger partial charge in [0.2, 0.25) is 0 Å². The summed E-state index contributed by atoms with van der Waals surface area (Å²) in [5.41, 5.74) is 1.27. The zero-order valence-electron chi connectivity index (χ0n) is 10.7. The molecule has 0 spiro atoms. The normalized spacial score (nSPS) is 20.3. The lowest BCUT2D eigenvalue weighted by Gasteiger charge is -2.19. The molecular weight excluding hydrogens is 251 g/mol. The summed E-state index contributed by atoms with van der Waals surface area (Å²) < 4.78 is 13.2. The van der Waals surface area contributed by atoms with Crippen LogP contribution in [0.5, 0.6) is 0 Å². The number of aryl methyl sites for hydroxylation is 1. The fraction of sp³-hybridized carbons (Fsp3) is 0.385. The van der Waals surface area contributed by atoms with E-state index in [1.807, 2.05) is 0 Å². The first-order valence-electron chi connectivity index (χ1n) is 5.96. The first-order valence-corrected chi connectivity index (χ1v) is 5.96. The van der Waals surface area contributed by atoms with Crippen molar-refractivity contribution in [1.29, 1.82) is 0 Å². The minimum atomic E-state index is -1.05. The number of nitrogens with one attached hydrogen (secondary N) is 1. The molecule has 0 bridgehead atoms.